The number of carbonyl (C=O) groups excluding carboxylic acids is 3. The van der Waals surface area contributed by atoms with E-state index in [-0.39, 0.29) is 11.8 Å². The lowest BCUT2D eigenvalue weighted by Gasteiger charge is -2.16. The minimum atomic E-state index is -1.00. The first-order valence-electron chi connectivity index (χ1n) is 14.3. The molecule has 0 aliphatic heterocycles. The number of hydrogen-bond acceptors (Lipinski definition) is 6. The van der Waals surface area contributed by atoms with Crippen molar-refractivity contribution in [2.45, 2.75) is 123 Å². The van der Waals surface area contributed by atoms with Crippen molar-refractivity contribution in [1.29, 1.82) is 0 Å². The Kier molecular flexibility index (Phi) is 30.3. The fourth-order valence-electron chi connectivity index (χ4n) is 3.55. The second-order valence-corrected chi connectivity index (χ2v) is 12.0. The van der Waals surface area contributed by atoms with Gasteiger partial charge in [-0.15, -0.1) is 0 Å². The summed E-state index contributed by atoms with van der Waals surface area (Å²) in [5.41, 5.74) is 0. The molecular weight excluding hydrogens is 508 g/mol. The Morgan fingerprint density at radius 3 is 1.81 bits per heavy atom. The third-order valence-corrected chi connectivity index (χ3v) is 7.21. The molecule has 0 aliphatic carbocycles. The van der Waals surface area contributed by atoms with Crippen LogP contribution in [0.5, 0.6) is 0 Å². The SMILES string of the molecule is CCCCCCCCNC(=O)C(CCS(C)=O)OC(C)=O.CCCCCCCCNC(=O)CCCSC. The summed E-state index contributed by atoms with van der Waals surface area (Å²) in [7, 11) is -1.00. The molecule has 2 N–H and O–H groups in total. The molecule has 0 aromatic heterocycles. The van der Waals surface area contributed by atoms with Crippen molar-refractivity contribution in [2.75, 3.05) is 37.1 Å². The molecular formula is C28H56N2O5S2. The molecule has 7 nitrogen and oxygen atoms in total. The lowest BCUT2D eigenvalue weighted by atomic mass is 10.1. The number of nitrogens with one attached hydrogen (secondary N) is 2. The van der Waals surface area contributed by atoms with Crippen LogP contribution < -0.4 is 10.6 Å². The Hall–Kier alpha value is -1.09. The predicted molar refractivity (Wildman–Crippen MR) is 159 cm³/mol. The van der Waals surface area contributed by atoms with Gasteiger partial charge in [0, 0.05) is 55.7 Å². The van der Waals surface area contributed by atoms with Gasteiger partial charge in [-0.2, -0.15) is 11.8 Å². The lowest BCUT2D eigenvalue weighted by molar-refractivity contribution is -0.153. The molecule has 0 spiro atoms. The van der Waals surface area contributed by atoms with Gasteiger partial charge in [0.1, 0.15) is 0 Å². The first kappa shape index (κ1) is 38.1. The number of hydrogen-bond donors (Lipinski definition) is 2. The maximum absolute atomic E-state index is 11.9. The number of amides is 2. The zero-order chi connectivity index (χ0) is 28.2. The third-order valence-electron chi connectivity index (χ3n) is 5.70. The highest BCUT2D eigenvalue weighted by Gasteiger charge is 2.21. The van der Waals surface area contributed by atoms with Crippen molar-refractivity contribution in [1.82, 2.24) is 10.6 Å². The van der Waals surface area contributed by atoms with E-state index in [2.05, 4.69) is 30.7 Å². The average Bonchev–Trinajstić information content (AvgIpc) is 2.85. The van der Waals surface area contributed by atoms with Crippen molar-refractivity contribution in [2.24, 2.45) is 0 Å². The molecule has 0 saturated carbocycles. The molecule has 0 bridgehead atoms. The quantitative estimate of drug-likeness (QED) is 0.121. The van der Waals surface area contributed by atoms with Gasteiger partial charge in [-0.25, -0.2) is 0 Å². The summed E-state index contributed by atoms with van der Waals surface area (Å²) < 4.78 is 16.1. The monoisotopic (exact) mass is 564 g/mol. The highest BCUT2D eigenvalue weighted by Crippen LogP contribution is 2.06. The molecule has 0 aliphatic rings. The Labute approximate surface area is 234 Å². The molecule has 220 valence electrons. The Morgan fingerprint density at radius 2 is 1.32 bits per heavy atom. The Balaban J connectivity index is 0. The van der Waals surface area contributed by atoms with Crippen molar-refractivity contribution in [3.05, 3.63) is 0 Å². The summed E-state index contributed by atoms with van der Waals surface area (Å²) in [5, 5.41) is 5.77. The average molecular weight is 565 g/mol. The van der Waals surface area contributed by atoms with Gasteiger partial charge in [0.15, 0.2) is 6.10 Å². The zero-order valence-corrected chi connectivity index (χ0v) is 26.0. The summed E-state index contributed by atoms with van der Waals surface area (Å²) in [6.45, 7) is 7.15. The number of ether oxygens (including phenoxy) is 1. The normalized spacial score (nSPS) is 12.1. The molecule has 0 saturated heterocycles. The third kappa shape index (κ3) is 31.0. The first-order valence-corrected chi connectivity index (χ1v) is 17.4. The highest BCUT2D eigenvalue weighted by molar-refractivity contribution is 7.98. The van der Waals surface area contributed by atoms with Gasteiger partial charge in [0.25, 0.3) is 5.91 Å². The van der Waals surface area contributed by atoms with Crippen LogP contribution in [0.1, 0.15) is 117 Å². The van der Waals surface area contributed by atoms with Gasteiger partial charge >= 0.3 is 5.97 Å². The number of thioether (sulfide) groups is 1. The van der Waals surface area contributed by atoms with Crippen LogP contribution in [0.2, 0.25) is 0 Å². The molecule has 9 heteroatoms. The second kappa shape index (κ2) is 29.5. The second-order valence-electron chi connectivity index (χ2n) is 9.44. The van der Waals surface area contributed by atoms with Crippen LogP contribution in [0.15, 0.2) is 0 Å². The molecule has 0 aromatic carbocycles. The van der Waals surface area contributed by atoms with E-state index >= 15 is 0 Å². The highest BCUT2D eigenvalue weighted by atomic mass is 32.2. The number of carbonyl (C=O) groups is 3. The standard InChI is InChI=1S/C15H29NO4S.C13H27NOS/c1-4-5-6-7-8-9-11-16-15(18)14(20-13(2)17)10-12-21(3)19;1-3-4-5-6-7-8-11-14-13(15)10-9-12-16-2/h14H,4-12H2,1-3H3,(H,16,18);3-12H2,1-2H3,(H,14,15). The van der Waals surface area contributed by atoms with E-state index in [9.17, 15) is 18.6 Å². The van der Waals surface area contributed by atoms with Crippen LogP contribution in [0.3, 0.4) is 0 Å². The predicted octanol–water partition coefficient (Wildman–Crippen LogP) is 5.77. The van der Waals surface area contributed by atoms with Crippen LogP contribution in [0, 0.1) is 0 Å². The molecule has 0 rings (SSSR count). The van der Waals surface area contributed by atoms with Crippen molar-refractivity contribution in [3.63, 3.8) is 0 Å². The van der Waals surface area contributed by atoms with E-state index in [0.717, 1.165) is 38.0 Å². The molecule has 0 aromatic rings. The van der Waals surface area contributed by atoms with Gasteiger partial charge < -0.3 is 15.4 Å². The van der Waals surface area contributed by atoms with E-state index < -0.39 is 22.9 Å². The maximum Gasteiger partial charge on any atom is 0.303 e. The van der Waals surface area contributed by atoms with E-state index in [4.69, 9.17) is 4.74 Å². The summed E-state index contributed by atoms with van der Waals surface area (Å²) >= 11 is 1.80. The number of rotatable bonds is 23. The van der Waals surface area contributed by atoms with Crippen molar-refractivity contribution in [3.8, 4) is 0 Å². The summed E-state index contributed by atoms with van der Waals surface area (Å²) in [6, 6.07) is 0. The zero-order valence-electron chi connectivity index (χ0n) is 24.4. The summed E-state index contributed by atoms with van der Waals surface area (Å²) in [6.07, 6.45) is 19.4. The largest absolute Gasteiger partial charge is 0.452 e. The molecule has 2 unspecified atom stereocenters. The molecule has 0 radical (unpaired) electrons. The first-order chi connectivity index (χ1) is 17.8. The van der Waals surface area contributed by atoms with Crippen molar-refractivity contribution < 1.29 is 23.3 Å². The van der Waals surface area contributed by atoms with Crippen LogP contribution in [0.4, 0.5) is 0 Å². The van der Waals surface area contributed by atoms with E-state index in [1.807, 2.05) is 0 Å². The van der Waals surface area contributed by atoms with Gasteiger partial charge in [-0.05, 0) is 31.3 Å². The molecule has 0 heterocycles. The Morgan fingerprint density at radius 1 is 0.811 bits per heavy atom. The molecule has 2 amide bonds. The smallest absolute Gasteiger partial charge is 0.303 e. The van der Waals surface area contributed by atoms with Gasteiger partial charge in [0.05, 0.1) is 0 Å². The van der Waals surface area contributed by atoms with Crippen LogP contribution in [-0.4, -0.2) is 65.2 Å². The van der Waals surface area contributed by atoms with E-state index in [1.165, 1.54) is 64.7 Å². The molecule has 2 atom stereocenters. The van der Waals surface area contributed by atoms with Crippen LogP contribution in [-0.2, 0) is 29.9 Å². The topological polar surface area (TPSA) is 102 Å². The van der Waals surface area contributed by atoms with Gasteiger partial charge in [-0.3, -0.25) is 18.6 Å². The molecule has 37 heavy (non-hydrogen) atoms. The van der Waals surface area contributed by atoms with E-state index in [0.29, 0.717) is 25.1 Å². The minimum Gasteiger partial charge on any atom is -0.452 e. The minimum absolute atomic E-state index is 0.225. The number of esters is 1. The summed E-state index contributed by atoms with van der Waals surface area (Å²) in [4.78, 5) is 34.3. The molecule has 0 fully saturated rings. The fraction of sp³-hybridized carbons (Fsp3) is 0.893. The Bertz CT molecular complexity index is 591. The summed E-state index contributed by atoms with van der Waals surface area (Å²) in [5.74, 6) is 0.885. The van der Waals surface area contributed by atoms with Gasteiger partial charge in [0.2, 0.25) is 5.91 Å². The van der Waals surface area contributed by atoms with Crippen LogP contribution >= 0.6 is 11.8 Å². The fourth-order valence-corrected chi connectivity index (χ4v) is 4.53. The van der Waals surface area contributed by atoms with E-state index in [1.54, 1.807) is 18.0 Å². The van der Waals surface area contributed by atoms with Crippen molar-refractivity contribution >= 4 is 40.3 Å². The lowest BCUT2D eigenvalue weighted by Crippen LogP contribution is -2.38. The van der Waals surface area contributed by atoms with Gasteiger partial charge in [-0.1, -0.05) is 78.1 Å². The van der Waals surface area contributed by atoms with Crippen LogP contribution in [0.25, 0.3) is 0 Å². The number of unbranched alkanes of at least 4 members (excludes halogenated alkanes) is 10. The maximum atomic E-state index is 11.9.